The molecule has 2 aromatic rings. The first-order valence-corrected chi connectivity index (χ1v) is 10.3. The molecule has 4 rings (SSSR count). The van der Waals surface area contributed by atoms with Gasteiger partial charge in [0.25, 0.3) is 5.91 Å². The number of benzene rings is 2. The Labute approximate surface area is 182 Å². The molecule has 31 heavy (non-hydrogen) atoms. The van der Waals surface area contributed by atoms with Crippen molar-refractivity contribution in [2.24, 2.45) is 0 Å². The number of amides is 1. The minimum atomic E-state index is -4.76. The number of carbonyl (C=O) groups excluding carboxylic acids is 1. The van der Waals surface area contributed by atoms with E-state index in [-0.39, 0.29) is 24.2 Å². The number of aliphatic hydroxyl groups excluding tert-OH is 1. The van der Waals surface area contributed by atoms with E-state index in [9.17, 15) is 28.2 Å². The molecule has 164 valence electrons. The van der Waals surface area contributed by atoms with Crippen molar-refractivity contribution in [3.8, 4) is 11.1 Å². The van der Waals surface area contributed by atoms with Crippen LogP contribution in [0.3, 0.4) is 0 Å². The Kier molecular flexibility index (Phi) is 5.10. The molecule has 0 saturated heterocycles. The molecule has 0 aromatic heterocycles. The van der Waals surface area contributed by atoms with Crippen LogP contribution in [0.25, 0.3) is 16.7 Å². The van der Waals surface area contributed by atoms with Gasteiger partial charge in [0, 0.05) is 5.02 Å². The molecule has 1 fully saturated rings. The number of carbonyl (C=O) groups is 1. The normalized spacial score (nSPS) is 26.5. The highest BCUT2D eigenvalue weighted by Crippen LogP contribution is 2.49. The molecule has 1 amide bonds. The Balaban J connectivity index is 1.72. The molecular formula is C23H21ClF3NO3. The molecule has 3 N–H and O–H groups in total. The van der Waals surface area contributed by atoms with E-state index in [0.29, 0.717) is 10.6 Å². The summed E-state index contributed by atoms with van der Waals surface area (Å²) in [6.07, 6.45) is -6.38. The van der Waals surface area contributed by atoms with Crippen LogP contribution in [0.5, 0.6) is 0 Å². The van der Waals surface area contributed by atoms with E-state index in [2.05, 4.69) is 5.32 Å². The van der Waals surface area contributed by atoms with Crippen molar-refractivity contribution in [3.05, 3.63) is 64.4 Å². The SMILES string of the molecule is Cc1ccc(-c2ccc(Cl)cc2)cc1C1=C(O)[C@]2(CC[C@](O)(C(F)(F)F)CC2)NC1=O. The number of hydrogen-bond donors (Lipinski definition) is 3. The standard InChI is InChI=1S/C23H21ClF3NO3/c1-13-2-3-15(14-4-6-16(24)7-5-14)12-17(13)18-19(29)21(28-20(18)30)8-10-22(31,11-9-21)23(25,26)27/h2-7,12,29,31H,8-11H2,1H3,(H,28,30)/t21-,22-. The Morgan fingerprint density at radius 1 is 1.00 bits per heavy atom. The predicted octanol–water partition coefficient (Wildman–Crippen LogP) is 5.32. The summed E-state index contributed by atoms with van der Waals surface area (Å²) in [5.74, 6) is -0.801. The lowest BCUT2D eigenvalue weighted by molar-refractivity contribution is -0.272. The molecule has 8 heteroatoms. The van der Waals surface area contributed by atoms with E-state index in [1.54, 1.807) is 25.1 Å². The first-order valence-electron chi connectivity index (χ1n) is 9.88. The maximum Gasteiger partial charge on any atom is 0.417 e. The monoisotopic (exact) mass is 451 g/mol. The molecule has 1 spiro atoms. The lowest BCUT2D eigenvalue weighted by Crippen LogP contribution is -2.56. The Morgan fingerprint density at radius 3 is 2.16 bits per heavy atom. The number of nitrogens with one attached hydrogen (secondary N) is 1. The molecule has 1 aliphatic carbocycles. The molecule has 2 aliphatic rings. The molecule has 1 aliphatic heterocycles. The molecular weight excluding hydrogens is 431 g/mol. The summed E-state index contributed by atoms with van der Waals surface area (Å²) >= 11 is 5.95. The van der Waals surface area contributed by atoms with Gasteiger partial charge in [-0.25, -0.2) is 0 Å². The summed E-state index contributed by atoms with van der Waals surface area (Å²) in [5, 5.41) is 24.2. The van der Waals surface area contributed by atoms with Crippen molar-refractivity contribution in [3.63, 3.8) is 0 Å². The van der Waals surface area contributed by atoms with Crippen LogP contribution in [-0.2, 0) is 4.79 Å². The van der Waals surface area contributed by atoms with E-state index in [1.807, 2.05) is 24.3 Å². The summed E-state index contributed by atoms with van der Waals surface area (Å²) in [7, 11) is 0. The van der Waals surface area contributed by atoms with Gasteiger partial charge in [-0.2, -0.15) is 13.2 Å². The summed E-state index contributed by atoms with van der Waals surface area (Å²) in [6, 6.07) is 12.6. The van der Waals surface area contributed by atoms with Crippen molar-refractivity contribution >= 4 is 23.1 Å². The van der Waals surface area contributed by atoms with Gasteiger partial charge in [0.2, 0.25) is 0 Å². The Morgan fingerprint density at radius 2 is 1.58 bits per heavy atom. The van der Waals surface area contributed by atoms with Gasteiger partial charge in [0.15, 0.2) is 5.60 Å². The van der Waals surface area contributed by atoms with Crippen LogP contribution >= 0.6 is 11.6 Å². The third kappa shape index (κ3) is 3.59. The third-order valence-electron chi connectivity index (χ3n) is 6.41. The number of aliphatic hydroxyl groups is 2. The smallest absolute Gasteiger partial charge is 0.417 e. The van der Waals surface area contributed by atoms with Gasteiger partial charge < -0.3 is 15.5 Å². The number of hydrogen-bond acceptors (Lipinski definition) is 3. The zero-order valence-corrected chi connectivity index (χ0v) is 17.4. The van der Waals surface area contributed by atoms with Crippen LogP contribution in [0.4, 0.5) is 13.2 Å². The zero-order valence-electron chi connectivity index (χ0n) is 16.7. The van der Waals surface area contributed by atoms with Crippen molar-refractivity contribution in [2.75, 3.05) is 0 Å². The Hall–Kier alpha value is -2.51. The van der Waals surface area contributed by atoms with Crippen molar-refractivity contribution < 1.29 is 28.2 Å². The van der Waals surface area contributed by atoms with E-state index >= 15 is 0 Å². The highest BCUT2D eigenvalue weighted by molar-refractivity contribution is 6.30. The van der Waals surface area contributed by atoms with Gasteiger partial charge in [-0.1, -0.05) is 35.9 Å². The lowest BCUT2D eigenvalue weighted by Gasteiger charge is -2.42. The molecule has 2 aromatic carbocycles. The molecule has 1 saturated carbocycles. The van der Waals surface area contributed by atoms with E-state index < -0.39 is 36.1 Å². The van der Waals surface area contributed by atoms with Crippen LogP contribution in [0.2, 0.25) is 5.02 Å². The number of aryl methyl sites for hydroxylation is 1. The van der Waals surface area contributed by atoms with Gasteiger partial charge in [-0.3, -0.25) is 4.79 Å². The lowest BCUT2D eigenvalue weighted by atomic mass is 9.73. The molecule has 1 heterocycles. The van der Waals surface area contributed by atoms with E-state index in [0.717, 1.165) is 16.7 Å². The molecule has 0 atom stereocenters. The number of alkyl halides is 3. The quantitative estimate of drug-likeness (QED) is 0.578. The molecule has 0 unspecified atom stereocenters. The van der Waals surface area contributed by atoms with Crippen molar-refractivity contribution in [2.45, 2.75) is 49.9 Å². The van der Waals surface area contributed by atoms with Crippen LogP contribution in [0.15, 0.2) is 48.2 Å². The number of rotatable bonds is 2. The van der Waals surface area contributed by atoms with Crippen molar-refractivity contribution in [1.29, 1.82) is 0 Å². The largest absolute Gasteiger partial charge is 0.509 e. The van der Waals surface area contributed by atoms with Crippen LogP contribution < -0.4 is 5.32 Å². The fourth-order valence-electron chi connectivity index (χ4n) is 4.38. The first-order chi connectivity index (χ1) is 14.5. The van der Waals surface area contributed by atoms with Crippen LogP contribution in [-0.4, -0.2) is 33.4 Å². The fraction of sp³-hybridized carbons (Fsp3) is 0.348. The van der Waals surface area contributed by atoms with Gasteiger partial charge in [-0.15, -0.1) is 0 Å². The molecule has 0 radical (unpaired) electrons. The van der Waals surface area contributed by atoms with E-state index in [4.69, 9.17) is 11.6 Å². The second kappa shape index (κ2) is 7.28. The highest BCUT2D eigenvalue weighted by atomic mass is 35.5. The van der Waals surface area contributed by atoms with Crippen LogP contribution in [0, 0.1) is 6.92 Å². The average Bonchev–Trinajstić information content (AvgIpc) is 2.94. The summed E-state index contributed by atoms with van der Waals surface area (Å²) in [5.41, 5.74) is -1.12. The van der Waals surface area contributed by atoms with Gasteiger partial charge in [0.05, 0.1) is 11.1 Å². The molecule has 0 bridgehead atoms. The third-order valence-corrected chi connectivity index (χ3v) is 6.66. The van der Waals surface area contributed by atoms with Gasteiger partial charge in [-0.05, 0) is 73.1 Å². The van der Waals surface area contributed by atoms with Crippen molar-refractivity contribution in [1.82, 2.24) is 5.32 Å². The zero-order chi connectivity index (χ0) is 22.6. The van der Waals surface area contributed by atoms with Gasteiger partial charge in [0.1, 0.15) is 5.76 Å². The second-order valence-electron chi connectivity index (χ2n) is 8.33. The topological polar surface area (TPSA) is 69.6 Å². The van der Waals surface area contributed by atoms with Gasteiger partial charge >= 0.3 is 6.18 Å². The first kappa shape index (κ1) is 21.7. The second-order valence-corrected chi connectivity index (χ2v) is 8.76. The molecule has 4 nitrogen and oxygen atoms in total. The predicted molar refractivity (Wildman–Crippen MR) is 112 cm³/mol. The Bertz CT molecular complexity index is 1070. The maximum atomic E-state index is 13.2. The van der Waals surface area contributed by atoms with E-state index in [1.165, 1.54) is 0 Å². The summed E-state index contributed by atoms with van der Waals surface area (Å²) in [6.45, 7) is 1.79. The number of halogens is 4. The summed E-state index contributed by atoms with van der Waals surface area (Å²) in [4.78, 5) is 12.8. The summed E-state index contributed by atoms with van der Waals surface area (Å²) < 4.78 is 39.5. The van der Waals surface area contributed by atoms with Crippen LogP contribution in [0.1, 0.15) is 36.8 Å². The fourth-order valence-corrected chi connectivity index (χ4v) is 4.51. The minimum Gasteiger partial charge on any atom is -0.509 e. The average molecular weight is 452 g/mol. The minimum absolute atomic E-state index is 0.0609. The maximum absolute atomic E-state index is 13.2. The highest BCUT2D eigenvalue weighted by Gasteiger charge is 2.59.